The van der Waals surface area contributed by atoms with Crippen LogP contribution in [-0.2, 0) is 10.2 Å². The minimum Gasteiger partial charge on any atom is -0.341 e. The molecule has 0 N–H and O–H groups in total. The number of pyridine rings is 1. The van der Waals surface area contributed by atoms with Crippen molar-refractivity contribution in [3.63, 3.8) is 0 Å². The number of nitrogens with zero attached hydrogens (tertiary/aromatic N) is 2. The van der Waals surface area contributed by atoms with E-state index in [1.54, 1.807) is 11.3 Å². The maximum absolute atomic E-state index is 13.4. The molecule has 2 aliphatic rings. The van der Waals surface area contributed by atoms with Crippen molar-refractivity contribution in [3.8, 4) is 0 Å². The number of amides is 1. The van der Waals surface area contributed by atoms with Gasteiger partial charge in [0.25, 0.3) is 0 Å². The van der Waals surface area contributed by atoms with Crippen LogP contribution in [0.1, 0.15) is 48.6 Å². The first-order valence-corrected chi connectivity index (χ1v) is 9.42. The van der Waals surface area contributed by atoms with E-state index in [2.05, 4.69) is 33.5 Å². The largest absolute Gasteiger partial charge is 0.341 e. The van der Waals surface area contributed by atoms with Crippen LogP contribution in [0.3, 0.4) is 0 Å². The number of carbonyl (C=O) groups is 1. The highest BCUT2D eigenvalue weighted by Gasteiger charge is 2.47. The lowest BCUT2D eigenvalue weighted by molar-refractivity contribution is -0.136. The van der Waals surface area contributed by atoms with Gasteiger partial charge in [-0.25, -0.2) is 0 Å². The van der Waals surface area contributed by atoms with Gasteiger partial charge in [-0.05, 0) is 42.8 Å². The molecule has 120 valence electrons. The molecule has 1 amide bonds. The van der Waals surface area contributed by atoms with Gasteiger partial charge in [0.15, 0.2) is 0 Å². The molecule has 4 heteroatoms. The SMILES string of the molecule is O=C(N1CCC(c2ccccn2)C1)C1(c2cccs2)CCCC1. The Balaban J connectivity index is 1.55. The fourth-order valence-corrected chi connectivity index (χ4v) is 5.18. The van der Waals surface area contributed by atoms with E-state index in [0.717, 1.165) is 38.0 Å². The van der Waals surface area contributed by atoms with E-state index in [-0.39, 0.29) is 5.41 Å². The molecule has 23 heavy (non-hydrogen) atoms. The van der Waals surface area contributed by atoms with Gasteiger partial charge in [-0.2, -0.15) is 0 Å². The van der Waals surface area contributed by atoms with Gasteiger partial charge in [-0.1, -0.05) is 25.0 Å². The normalized spacial score (nSPS) is 23.3. The molecule has 0 spiro atoms. The van der Waals surface area contributed by atoms with Crippen LogP contribution in [0.2, 0.25) is 0 Å². The summed E-state index contributed by atoms with van der Waals surface area (Å²) in [6, 6.07) is 10.3. The Bertz CT molecular complexity index is 662. The van der Waals surface area contributed by atoms with Gasteiger partial charge in [0.05, 0.1) is 5.41 Å². The summed E-state index contributed by atoms with van der Waals surface area (Å²) in [7, 11) is 0. The van der Waals surface area contributed by atoms with Crippen LogP contribution in [-0.4, -0.2) is 28.9 Å². The summed E-state index contributed by atoms with van der Waals surface area (Å²) in [4.78, 5) is 21.2. The molecule has 1 aliphatic carbocycles. The van der Waals surface area contributed by atoms with Crippen molar-refractivity contribution in [1.29, 1.82) is 0 Å². The lowest BCUT2D eigenvalue weighted by atomic mass is 9.83. The molecule has 1 aliphatic heterocycles. The lowest BCUT2D eigenvalue weighted by Crippen LogP contribution is -2.44. The molecule has 0 bridgehead atoms. The van der Waals surface area contributed by atoms with E-state index >= 15 is 0 Å². The Morgan fingerprint density at radius 2 is 2.09 bits per heavy atom. The number of aromatic nitrogens is 1. The highest BCUT2D eigenvalue weighted by molar-refractivity contribution is 7.10. The average molecular weight is 326 g/mol. The molecule has 3 heterocycles. The molecule has 2 aromatic heterocycles. The van der Waals surface area contributed by atoms with E-state index in [4.69, 9.17) is 0 Å². The predicted octanol–water partition coefficient (Wildman–Crippen LogP) is 3.97. The number of thiophene rings is 1. The zero-order chi connectivity index (χ0) is 15.7. The first-order chi connectivity index (χ1) is 11.3. The van der Waals surface area contributed by atoms with Crippen molar-refractivity contribution in [3.05, 3.63) is 52.5 Å². The summed E-state index contributed by atoms with van der Waals surface area (Å²) in [6.45, 7) is 1.69. The van der Waals surface area contributed by atoms with Gasteiger partial charge in [-0.3, -0.25) is 9.78 Å². The van der Waals surface area contributed by atoms with Gasteiger partial charge >= 0.3 is 0 Å². The predicted molar refractivity (Wildman–Crippen MR) is 92.6 cm³/mol. The molecule has 2 fully saturated rings. The number of likely N-dealkylation sites (tertiary alicyclic amines) is 1. The van der Waals surface area contributed by atoms with E-state index in [9.17, 15) is 4.79 Å². The minimum absolute atomic E-state index is 0.243. The van der Waals surface area contributed by atoms with Crippen LogP contribution in [0.15, 0.2) is 41.9 Å². The first-order valence-electron chi connectivity index (χ1n) is 8.54. The molecule has 0 radical (unpaired) electrons. The molecular formula is C19H22N2OS. The molecule has 1 atom stereocenters. The molecule has 2 aromatic rings. The topological polar surface area (TPSA) is 33.2 Å². The summed E-state index contributed by atoms with van der Waals surface area (Å²) in [5.74, 6) is 0.748. The molecule has 1 saturated carbocycles. The quantitative estimate of drug-likeness (QED) is 0.855. The number of rotatable bonds is 3. The zero-order valence-corrected chi connectivity index (χ0v) is 14.1. The fourth-order valence-electron chi connectivity index (χ4n) is 4.20. The smallest absolute Gasteiger partial charge is 0.234 e. The van der Waals surface area contributed by atoms with E-state index in [1.165, 1.54) is 17.7 Å². The Labute approximate surface area is 141 Å². The van der Waals surface area contributed by atoms with Gasteiger partial charge < -0.3 is 4.90 Å². The number of hydrogen-bond donors (Lipinski definition) is 0. The van der Waals surface area contributed by atoms with E-state index in [1.807, 2.05) is 18.3 Å². The van der Waals surface area contributed by atoms with Crippen molar-refractivity contribution < 1.29 is 4.79 Å². The van der Waals surface area contributed by atoms with Crippen molar-refractivity contribution >= 4 is 17.2 Å². The summed E-state index contributed by atoms with van der Waals surface area (Å²) in [5, 5.41) is 2.10. The van der Waals surface area contributed by atoms with Crippen molar-refractivity contribution in [2.24, 2.45) is 0 Å². The minimum atomic E-state index is -0.243. The zero-order valence-electron chi connectivity index (χ0n) is 13.3. The summed E-state index contributed by atoms with van der Waals surface area (Å²) < 4.78 is 0. The molecule has 0 aromatic carbocycles. The van der Waals surface area contributed by atoms with E-state index < -0.39 is 0 Å². The van der Waals surface area contributed by atoms with Gasteiger partial charge in [0.2, 0.25) is 5.91 Å². The second kappa shape index (κ2) is 6.08. The summed E-state index contributed by atoms with van der Waals surface area (Å²) in [5.41, 5.74) is 0.882. The maximum atomic E-state index is 13.4. The van der Waals surface area contributed by atoms with Gasteiger partial charge in [0.1, 0.15) is 0 Å². The van der Waals surface area contributed by atoms with Crippen LogP contribution in [0, 0.1) is 0 Å². The van der Waals surface area contributed by atoms with Gasteiger partial charge in [0, 0.05) is 35.8 Å². The second-order valence-electron chi connectivity index (χ2n) is 6.76. The Kier molecular flexibility index (Phi) is 3.93. The molecular weight excluding hydrogens is 304 g/mol. The third kappa shape index (κ3) is 2.59. The van der Waals surface area contributed by atoms with E-state index in [0.29, 0.717) is 11.8 Å². The van der Waals surface area contributed by atoms with Crippen LogP contribution >= 0.6 is 11.3 Å². The first kappa shape index (κ1) is 14.9. The number of hydrogen-bond acceptors (Lipinski definition) is 3. The molecule has 4 rings (SSSR count). The number of carbonyl (C=O) groups excluding carboxylic acids is 1. The van der Waals surface area contributed by atoms with Crippen LogP contribution in [0.4, 0.5) is 0 Å². The van der Waals surface area contributed by atoms with Crippen molar-refractivity contribution in [1.82, 2.24) is 9.88 Å². The third-order valence-corrected chi connectivity index (χ3v) is 6.51. The van der Waals surface area contributed by atoms with Crippen LogP contribution < -0.4 is 0 Å². The van der Waals surface area contributed by atoms with Gasteiger partial charge in [-0.15, -0.1) is 11.3 Å². The summed E-state index contributed by atoms with van der Waals surface area (Å²) >= 11 is 1.74. The highest BCUT2D eigenvalue weighted by atomic mass is 32.1. The average Bonchev–Trinajstić information content (AvgIpc) is 3.35. The van der Waals surface area contributed by atoms with Crippen molar-refractivity contribution in [2.75, 3.05) is 13.1 Å². The molecule has 1 saturated heterocycles. The molecule has 3 nitrogen and oxygen atoms in total. The fraction of sp³-hybridized carbons (Fsp3) is 0.474. The highest BCUT2D eigenvalue weighted by Crippen LogP contribution is 2.45. The molecule has 1 unspecified atom stereocenters. The van der Waals surface area contributed by atoms with Crippen LogP contribution in [0.5, 0.6) is 0 Å². The maximum Gasteiger partial charge on any atom is 0.234 e. The second-order valence-corrected chi connectivity index (χ2v) is 7.71. The Morgan fingerprint density at radius 1 is 1.22 bits per heavy atom. The lowest BCUT2D eigenvalue weighted by Gasteiger charge is -2.31. The Hall–Kier alpha value is -1.68. The monoisotopic (exact) mass is 326 g/mol. The standard InChI is InChI=1S/C19H22N2OS/c22-18(19(9-2-3-10-19)17-7-5-13-23-17)21-12-8-15(14-21)16-6-1-4-11-20-16/h1,4-7,11,13,15H,2-3,8-10,12,14H2. The van der Waals surface area contributed by atoms with Crippen molar-refractivity contribution in [2.45, 2.75) is 43.4 Å². The summed E-state index contributed by atoms with van der Waals surface area (Å²) in [6.07, 6.45) is 7.24. The third-order valence-electron chi connectivity index (χ3n) is 5.44. The van der Waals surface area contributed by atoms with Crippen LogP contribution in [0.25, 0.3) is 0 Å². The Morgan fingerprint density at radius 3 is 2.78 bits per heavy atom.